The van der Waals surface area contributed by atoms with E-state index in [0.717, 1.165) is 25.7 Å². The van der Waals surface area contributed by atoms with Gasteiger partial charge in [-0.1, -0.05) is 31.9 Å². The van der Waals surface area contributed by atoms with Gasteiger partial charge >= 0.3 is 0 Å². The summed E-state index contributed by atoms with van der Waals surface area (Å²) in [5.74, 6) is -1.47. The van der Waals surface area contributed by atoms with Crippen molar-refractivity contribution < 1.29 is 18.8 Å². The number of carbonyl (C=O) groups excluding carboxylic acids is 3. The van der Waals surface area contributed by atoms with Crippen molar-refractivity contribution >= 4 is 17.7 Å². The molecule has 33 heavy (non-hydrogen) atoms. The number of rotatable bonds is 7. The number of amides is 3. The number of halogens is 1. The number of benzene rings is 1. The van der Waals surface area contributed by atoms with Crippen molar-refractivity contribution in [1.82, 2.24) is 25.1 Å². The van der Waals surface area contributed by atoms with Crippen molar-refractivity contribution in [3.63, 3.8) is 0 Å². The van der Waals surface area contributed by atoms with Crippen LogP contribution < -0.4 is 10.6 Å². The van der Waals surface area contributed by atoms with E-state index in [0.29, 0.717) is 18.5 Å². The molecule has 1 aromatic heterocycles. The molecule has 1 saturated carbocycles. The van der Waals surface area contributed by atoms with Crippen LogP contribution in [0, 0.1) is 5.82 Å². The molecule has 1 aliphatic carbocycles. The van der Waals surface area contributed by atoms with Crippen LogP contribution in [0.5, 0.6) is 0 Å². The monoisotopic (exact) mass is 455 g/mol. The van der Waals surface area contributed by atoms with Crippen molar-refractivity contribution in [2.75, 3.05) is 6.54 Å². The Morgan fingerprint density at radius 3 is 2.73 bits per heavy atom. The highest BCUT2D eigenvalue weighted by Gasteiger charge is 2.48. The summed E-state index contributed by atoms with van der Waals surface area (Å²) < 4.78 is 15.0. The van der Waals surface area contributed by atoms with E-state index < -0.39 is 11.4 Å². The Morgan fingerprint density at radius 2 is 2.03 bits per heavy atom. The number of imidazole rings is 1. The van der Waals surface area contributed by atoms with Crippen molar-refractivity contribution in [1.29, 1.82) is 0 Å². The molecule has 0 saturated heterocycles. The maximum absolute atomic E-state index is 13.5. The van der Waals surface area contributed by atoms with Crippen LogP contribution in [0.3, 0.4) is 0 Å². The summed E-state index contributed by atoms with van der Waals surface area (Å²) in [6, 6.07) is 6.08. The van der Waals surface area contributed by atoms with Gasteiger partial charge in [-0.25, -0.2) is 9.37 Å². The fourth-order valence-electron chi connectivity index (χ4n) is 4.75. The molecule has 0 unspecified atom stereocenters. The lowest BCUT2D eigenvalue weighted by Crippen LogP contribution is -2.65. The Morgan fingerprint density at radius 1 is 1.27 bits per heavy atom. The number of carbonyl (C=O) groups is 3. The molecule has 3 amide bonds. The normalized spacial score (nSPS) is 20.6. The van der Waals surface area contributed by atoms with E-state index in [1.165, 1.54) is 18.5 Å². The van der Waals surface area contributed by atoms with Gasteiger partial charge in [0, 0.05) is 19.1 Å². The molecule has 0 radical (unpaired) electrons. The minimum Gasteiger partial charge on any atom is -0.351 e. The molecule has 2 aliphatic rings. The fraction of sp³-hybridized carbons (Fsp3) is 0.500. The highest BCUT2D eigenvalue weighted by atomic mass is 19.1. The minimum atomic E-state index is -1.07. The zero-order chi connectivity index (χ0) is 23.6. The molecular formula is C24H30FN5O3. The maximum atomic E-state index is 13.5. The van der Waals surface area contributed by atoms with Gasteiger partial charge in [0.15, 0.2) is 5.69 Å². The molecule has 9 heteroatoms. The smallest absolute Gasteiger partial charge is 0.273 e. The highest BCUT2D eigenvalue weighted by Crippen LogP contribution is 2.30. The lowest BCUT2D eigenvalue weighted by atomic mass is 9.93. The van der Waals surface area contributed by atoms with Gasteiger partial charge < -0.3 is 20.1 Å². The quantitative estimate of drug-likeness (QED) is 0.671. The molecule has 8 nitrogen and oxygen atoms in total. The summed E-state index contributed by atoms with van der Waals surface area (Å²) in [5, 5.41) is 5.83. The van der Waals surface area contributed by atoms with Crippen LogP contribution in [0.1, 0.15) is 72.5 Å². The summed E-state index contributed by atoms with van der Waals surface area (Å²) in [6.07, 6.45) is 6.21. The van der Waals surface area contributed by atoms with Gasteiger partial charge in [-0.05, 0) is 43.9 Å². The fourth-order valence-corrected chi connectivity index (χ4v) is 4.75. The molecular weight excluding hydrogens is 425 g/mol. The third-order valence-electron chi connectivity index (χ3n) is 6.54. The van der Waals surface area contributed by atoms with E-state index in [2.05, 4.69) is 15.6 Å². The molecule has 2 N–H and O–H groups in total. The first-order valence-electron chi connectivity index (χ1n) is 11.5. The zero-order valence-electron chi connectivity index (χ0n) is 19.1. The zero-order valence-corrected chi connectivity index (χ0v) is 19.1. The van der Waals surface area contributed by atoms with Crippen molar-refractivity contribution in [3.8, 4) is 0 Å². The van der Waals surface area contributed by atoms with Gasteiger partial charge in [0.25, 0.3) is 11.8 Å². The molecule has 2 heterocycles. The average Bonchev–Trinajstić information content (AvgIpc) is 3.45. The Balaban J connectivity index is 1.56. The molecule has 0 bridgehead atoms. The average molecular weight is 456 g/mol. The molecule has 1 fully saturated rings. The Hall–Kier alpha value is -3.23. The molecule has 2 aromatic rings. The first-order chi connectivity index (χ1) is 15.8. The van der Waals surface area contributed by atoms with Gasteiger partial charge in [0.2, 0.25) is 5.91 Å². The van der Waals surface area contributed by atoms with E-state index in [1.54, 1.807) is 28.5 Å². The lowest BCUT2D eigenvalue weighted by molar-refractivity contribution is -0.133. The predicted molar refractivity (Wildman–Crippen MR) is 120 cm³/mol. The first kappa shape index (κ1) is 22.9. The predicted octanol–water partition coefficient (Wildman–Crippen LogP) is 2.64. The van der Waals surface area contributed by atoms with Gasteiger partial charge in [-0.2, -0.15) is 0 Å². The molecule has 1 atom stereocenters. The van der Waals surface area contributed by atoms with E-state index in [9.17, 15) is 18.8 Å². The van der Waals surface area contributed by atoms with Crippen LogP contribution in [0.4, 0.5) is 4.39 Å². The maximum Gasteiger partial charge on any atom is 0.273 e. The SMILES string of the molecule is CCCN1C(=O)c2c(C(=O)NCc3cccc(F)c3)ncn2C[C@]1(C)C(=O)NC1CCCC1. The number of aromatic nitrogens is 2. The molecule has 176 valence electrons. The Bertz CT molecular complexity index is 1060. The van der Waals surface area contributed by atoms with Crippen LogP contribution in [0.15, 0.2) is 30.6 Å². The summed E-state index contributed by atoms with van der Waals surface area (Å²) in [5.41, 5.74) is -0.285. The summed E-state index contributed by atoms with van der Waals surface area (Å²) in [6.45, 7) is 4.44. The van der Waals surface area contributed by atoms with Gasteiger partial charge in [-0.3, -0.25) is 14.4 Å². The third-order valence-corrected chi connectivity index (χ3v) is 6.54. The van der Waals surface area contributed by atoms with E-state index >= 15 is 0 Å². The van der Waals surface area contributed by atoms with E-state index in [1.807, 2.05) is 6.92 Å². The van der Waals surface area contributed by atoms with Crippen LogP contribution >= 0.6 is 0 Å². The Labute approximate surface area is 192 Å². The third kappa shape index (κ3) is 4.49. The topological polar surface area (TPSA) is 96.3 Å². The summed E-state index contributed by atoms with van der Waals surface area (Å²) in [4.78, 5) is 45.4. The van der Waals surface area contributed by atoms with Gasteiger partial charge in [0.05, 0.1) is 12.9 Å². The summed E-state index contributed by atoms with van der Waals surface area (Å²) >= 11 is 0. The van der Waals surface area contributed by atoms with Gasteiger partial charge in [0.1, 0.15) is 17.1 Å². The summed E-state index contributed by atoms with van der Waals surface area (Å²) in [7, 11) is 0. The van der Waals surface area contributed by atoms with Gasteiger partial charge in [-0.15, -0.1) is 0 Å². The largest absolute Gasteiger partial charge is 0.351 e. The second kappa shape index (κ2) is 9.33. The van der Waals surface area contributed by atoms with Crippen LogP contribution in [0.2, 0.25) is 0 Å². The van der Waals surface area contributed by atoms with Crippen LogP contribution in [-0.4, -0.2) is 50.3 Å². The van der Waals surface area contributed by atoms with Crippen molar-refractivity contribution in [3.05, 3.63) is 53.4 Å². The molecule has 0 spiro atoms. The van der Waals surface area contributed by atoms with Crippen LogP contribution in [-0.2, 0) is 17.9 Å². The number of hydrogen-bond donors (Lipinski definition) is 2. The second-order valence-electron chi connectivity index (χ2n) is 9.07. The minimum absolute atomic E-state index is 0.00996. The number of fused-ring (bicyclic) bond motifs is 1. The highest BCUT2D eigenvalue weighted by molar-refractivity contribution is 6.07. The van der Waals surface area contributed by atoms with Crippen molar-refractivity contribution in [2.45, 2.75) is 70.6 Å². The van der Waals surface area contributed by atoms with Crippen LogP contribution in [0.25, 0.3) is 0 Å². The number of nitrogens with zero attached hydrogens (tertiary/aromatic N) is 3. The lowest BCUT2D eigenvalue weighted by Gasteiger charge is -2.44. The van der Waals surface area contributed by atoms with Crippen molar-refractivity contribution in [2.24, 2.45) is 0 Å². The molecule has 1 aliphatic heterocycles. The van der Waals surface area contributed by atoms with E-state index in [4.69, 9.17) is 0 Å². The van der Waals surface area contributed by atoms with E-state index in [-0.39, 0.29) is 48.2 Å². The molecule has 4 rings (SSSR count). The molecule has 1 aromatic carbocycles. The first-order valence-corrected chi connectivity index (χ1v) is 11.5. The number of hydrogen-bond acceptors (Lipinski definition) is 4. The number of nitrogens with one attached hydrogen (secondary N) is 2. The Kier molecular flexibility index (Phi) is 6.49. The standard InChI is InChI=1S/C24H30FN5O3/c1-3-11-30-22(32)20-19(21(31)26-13-16-7-6-8-17(25)12-16)27-15-29(20)14-24(30,2)23(33)28-18-9-4-5-10-18/h6-8,12,15,18H,3-5,9-11,13-14H2,1-2H3,(H,26,31)(H,28,33)/t24-/m1/s1. The second-order valence-corrected chi connectivity index (χ2v) is 9.07.